The van der Waals surface area contributed by atoms with E-state index in [9.17, 15) is 0 Å². The maximum atomic E-state index is 6.80. The van der Waals surface area contributed by atoms with Crippen LogP contribution >= 0.6 is 0 Å². The molecule has 2 aliphatic carbocycles. The normalized spacial score (nSPS) is 14.0. The lowest BCUT2D eigenvalue weighted by Gasteiger charge is -2.24. The molecule has 0 atom stereocenters. The number of rotatable bonds is 3. The molecule has 204 valence electrons. The maximum Gasteiger partial charge on any atom is 0.143 e. The van der Waals surface area contributed by atoms with Crippen molar-refractivity contribution in [2.24, 2.45) is 0 Å². The average molecular weight is 551 g/mol. The number of fused-ring (bicyclic) bond motifs is 6. The van der Waals surface area contributed by atoms with Crippen molar-refractivity contribution in [3.8, 4) is 33.4 Å². The van der Waals surface area contributed by atoms with Crippen LogP contribution in [0, 0.1) is 0 Å². The molecule has 0 aliphatic heterocycles. The number of furan rings is 1. The molecule has 0 radical (unpaired) electrons. The van der Waals surface area contributed by atoms with Crippen molar-refractivity contribution in [2.45, 2.75) is 25.7 Å². The van der Waals surface area contributed by atoms with Gasteiger partial charge in [0.2, 0.25) is 0 Å². The molecule has 1 nitrogen and oxygen atoms in total. The molecule has 6 aromatic carbocycles. The number of para-hydroxylation sites is 1. The van der Waals surface area contributed by atoms with E-state index in [-0.39, 0.29) is 0 Å². The monoisotopic (exact) mass is 550 g/mol. The highest BCUT2D eigenvalue weighted by molar-refractivity contribution is 6.21. The van der Waals surface area contributed by atoms with E-state index in [4.69, 9.17) is 4.42 Å². The van der Waals surface area contributed by atoms with Crippen molar-refractivity contribution in [2.75, 3.05) is 0 Å². The van der Waals surface area contributed by atoms with Crippen LogP contribution in [0.2, 0.25) is 0 Å². The first-order chi connectivity index (χ1) is 21.4. The third kappa shape index (κ3) is 3.71. The van der Waals surface area contributed by atoms with E-state index in [0.717, 1.165) is 36.8 Å². The Hall–Kier alpha value is -5.14. The van der Waals surface area contributed by atoms with Crippen LogP contribution in [0.1, 0.15) is 35.1 Å². The Morgan fingerprint density at radius 3 is 2.05 bits per heavy atom. The zero-order chi connectivity index (χ0) is 28.3. The Labute approximate surface area is 251 Å². The molecular formula is C42H30O. The third-order valence-electron chi connectivity index (χ3n) is 9.43. The summed E-state index contributed by atoms with van der Waals surface area (Å²) in [5, 5.41) is 4.97. The molecule has 7 aromatic rings. The highest BCUT2D eigenvalue weighted by atomic mass is 16.3. The largest absolute Gasteiger partial charge is 0.455 e. The number of benzene rings is 6. The van der Waals surface area contributed by atoms with Crippen LogP contribution in [-0.2, 0) is 12.8 Å². The Kier molecular flexibility index (Phi) is 5.52. The van der Waals surface area contributed by atoms with Gasteiger partial charge in [0, 0.05) is 16.3 Å². The molecule has 0 saturated carbocycles. The lowest BCUT2D eigenvalue weighted by molar-refractivity contribution is 0.670. The van der Waals surface area contributed by atoms with Gasteiger partial charge in [-0.3, -0.25) is 0 Å². The molecule has 0 fully saturated rings. The zero-order valence-corrected chi connectivity index (χ0v) is 23.9. The van der Waals surface area contributed by atoms with E-state index in [1.54, 1.807) is 0 Å². The van der Waals surface area contributed by atoms with Crippen molar-refractivity contribution >= 4 is 44.9 Å². The Morgan fingerprint density at radius 2 is 1.19 bits per heavy atom. The van der Waals surface area contributed by atoms with Gasteiger partial charge in [0.05, 0.1) is 0 Å². The number of hydrogen-bond acceptors (Lipinski definition) is 1. The number of allylic oxidation sites excluding steroid dienone is 2. The molecule has 0 unspecified atom stereocenters. The molecule has 9 rings (SSSR count). The topological polar surface area (TPSA) is 13.1 Å². The molecule has 0 saturated heterocycles. The molecule has 2 aliphatic rings. The Balaban J connectivity index is 1.42. The molecule has 1 aromatic heterocycles. The summed E-state index contributed by atoms with van der Waals surface area (Å²) in [6, 6.07) is 39.8. The smallest absolute Gasteiger partial charge is 0.143 e. The van der Waals surface area contributed by atoms with Crippen LogP contribution in [0.5, 0.6) is 0 Å². The van der Waals surface area contributed by atoms with Gasteiger partial charge in [-0.05, 0) is 98.7 Å². The first-order valence-electron chi connectivity index (χ1n) is 15.4. The highest BCUT2D eigenvalue weighted by Crippen LogP contribution is 2.49. The minimum atomic E-state index is 0.936. The van der Waals surface area contributed by atoms with Gasteiger partial charge in [-0.25, -0.2) is 0 Å². The zero-order valence-electron chi connectivity index (χ0n) is 23.9. The summed E-state index contributed by atoms with van der Waals surface area (Å²) >= 11 is 0. The minimum absolute atomic E-state index is 0.936. The van der Waals surface area contributed by atoms with Crippen molar-refractivity contribution in [3.05, 3.63) is 144 Å². The van der Waals surface area contributed by atoms with Crippen molar-refractivity contribution in [3.63, 3.8) is 0 Å². The number of hydrogen-bond donors (Lipinski definition) is 0. The van der Waals surface area contributed by atoms with Crippen LogP contribution in [0.3, 0.4) is 0 Å². The fraction of sp³-hybridized carbons (Fsp3) is 0.0952. The second-order valence-electron chi connectivity index (χ2n) is 11.8. The van der Waals surface area contributed by atoms with Gasteiger partial charge in [-0.15, -0.1) is 0 Å². The van der Waals surface area contributed by atoms with Gasteiger partial charge < -0.3 is 4.42 Å². The summed E-state index contributed by atoms with van der Waals surface area (Å²) < 4.78 is 6.80. The molecule has 0 bridgehead atoms. The Bertz CT molecular complexity index is 2280. The molecule has 0 N–H and O–H groups in total. The maximum absolute atomic E-state index is 6.80. The van der Waals surface area contributed by atoms with Gasteiger partial charge in [-0.1, -0.05) is 121 Å². The molecule has 1 heterocycles. The van der Waals surface area contributed by atoms with Crippen molar-refractivity contribution in [1.82, 2.24) is 0 Å². The molecule has 43 heavy (non-hydrogen) atoms. The van der Waals surface area contributed by atoms with Gasteiger partial charge >= 0.3 is 0 Å². The van der Waals surface area contributed by atoms with Crippen molar-refractivity contribution < 1.29 is 4.42 Å². The van der Waals surface area contributed by atoms with Crippen LogP contribution in [0.4, 0.5) is 0 Å². The van der Waals surface area contributed by atoms with Crippen LogP contribution < -0.4 is 0 Å². The second kappa shape index (κ2) is 9.71. The van der Waals surface area contributed by atoms with Gasteiger partial charge in [-0.2, -0.15) is 0 Å². The molecule has 1 heteroatoms. The summed E-state index contributed by atoms with van der Waals surface area (Å²) in [6.45, 7) is 0. The minimum Gasteiger partial charge on any atom is -0.455 e. The van der Waals surface area contributed by atoms with Gasteiger partial charge in [0.25, 0.3) is 0 Å². The van der Waals surface area contributed by atoms with Gasteiger partial charge in [0.1, 0.15) is 11.2 Å². The summed E-state index contributed by atoms with van der Waals surface area (Å²) in [6.07, 6.45) is 13.5. The SMILES string of the molecule is C1=Cc2cccc(-c3ccc(-c4c5c(c(-c6ccccc6)c6ccccc46)CCC=C5)c4c3oc3ccccc34)c2CC1. The summed E-state index contributed by atoms with van der Waals surface area (Å²) in [5.74, 6) is 0. The molecular weight excluding hydrogens is 520 g/mol. The van der Waals surface area contributed by atoms with Crippen LogP contribution in [-0.4, -0.2) is 0 Å². The highest BCUT2D eigenvalue weighted by Gasteiger charge is 2.25. The fourth-order valence-electron chi connectivity index (χ4n) is 7.59. The third-order valence-corrected chi connectivity index (χ3v) is 9.43. The van der Waals surface area contributed by atoms with Crippen LogP contribution in [0.25, 0.3) is 78.2 Å². The van der Waals surface area contributed by atoms with E-state index in [2.05, 4.69) is 133 Å². The predicted octanol–water partition coefficient (Wildman–Crippen LogP) is 11.7. The summed E-state index contributed by atoms with van der Waals surface area (Å²) in [4.78, 5) is 0. The van der Waals surface area contributed by atoms with E-state index in [1.165, 1.54) is 77.2 Å². The predicted molar refractivity (Wildman–Crippen MR) is 182 cm³/mol. The standard InChI is InChI=1S/C42H30O/c1-2-14-28(15-3-1)39-31-18-6-8-20-33(31)40(34-21-9-7-19-32(34)39)37-26-25-35(30-23-12-16-27-13-4-5-17-29(27)30)42-41(37)36-22-10-11-24-38(36)43-42/h1-4,6,8-16,18,20-26H,5,7,17,19H2. The Morgan fingerprint density at radius 1 is 0.488 bits per heavy atom. The van der Waals surface area contributed by atoms with Crippen LogP contribution in [0.15, 0.2) is 126 Å². The molecule has 0 spiro atoms. The lowest BCUT2D eigenvalue weighted by Crippen LogP contribution is -2.03. The van der Waals surface area contributed by atoms with Crippen molar-refractivity contribution in [1.29, 1.82) is 0 Å². The van der Waals surface area contributed by atoms with Gasteiger partial charge in [0.15, 0.2) is 0 Å². The first kappa shape index (κ1) is 24.5. The second-order valence-corrected chi connectivity index (χ2v) is 11.8. The van der Waals surface area contributed by atoms with E-state index in [1.807, 2.05) is 0 Å². The average Bonchev–Trinajstić information content (AvgIpc) is 3.47. The van der Waals surface area contributed by atoms with E-state index < -0.39 is 0 Å². The summed E-state index contributed by atoms with van der Waals surface area (Å²) in [7, 11) is 0. The summed E-state index contributed by atoms with van der Waals surface area (Å²) in [5.41, 5.74) is 15.1. The quantitative estimate of drug-likeness (QED) is 0.213. The fourth-order valence-corrected chi connectivity index (χ4v) is 7.59. The van der Waals surface area contributed by atoms with E-state index in [0.29, 0.717) is 0 Å². The first-order valence-corrected chi connectivity index (χ1v) is 15.4. The lowest BCUT2D eigenvalue weighted by atomic mass is 9.79. The molecule has 0 amide bonds. The van der Waals surface area contributed by atoms with E-state index >= 15 is 0 Å².